The number of carbonyl (C=O) groups is 1. The van der Waals surface area contributed by atoms with Crippen molar-refractivity contribution >= 4 is 16.8 Å². The Balaban J connectivity index is 1.57. The van der Waals surface area contributed by atoms with Crippen molar-refractivity contribution < 1.29 is 4.79 Å². The molecule has 0 spiro atoms. The van der Waals surface area contributed by atoms with Gasteiger partial charge in [0.15, 0.2) is 5.69 Å². The lowest BCUT2D eigenvalue weighted by atomic mass is 10.1. The van der Waals surface area contributed by atoms with Crippen molar-refractivity contribution in [2.45, 2.75) is 13.0 Å². The molecule has 0 unspecified atom stereocenters. The molecular weight excluding hydrogens is 280 g/mol. The van der Waals surface area contributed by atoms with Gasteiger partial charge in [-0.3, -0.25) is 9.48 Å². The predicted octanol–water partition coefficient (Wildman–Crippen LogP) is 0.691. The number of aromatic nitrogens is 4. The molecule has 4 N–H and O–H groups in total. The number of hydrogen-bond acceptors (Lipinski definition) is 4. The SMILES string of the molecule is NCCn1cc(C(=O)NCCc2c[nH]c3ccccc23)nn1. The summed E-state index contributed by atoms with van der Waals surface area (Å²) >= 11 is 0. The Morgan fingerprint density at radius 3 is 3.09 bits per heavy atom. The van der Waals surface area contributed by atoms with E-state index in [1.165, 1.54) is 10.9 Å². The second-order valence-corrected chi connectivity index (χ2v) is 5.02. The zero-order valence-corrected chi connectivity index (χ0v) is 12.1. The average Bonchev–Trinajstić information content (AvgIpc) is 3.15. The first-order valence-corrected chi connectivity index (χ1v) is 7.21. The third kappa shape index (κ3) is 2.99. The Morgan fingerprint density at radius 2 is 2.23 bits per heavy atom. The number of hydrogen-bond donors (Lipinski definition) is 3. The highest BCUT2D eigenvalue weighted by Crippen LogP contribution is 2.17. The second-order valence-electron chi connectivity index (χ2n) is 5.02. The molecule has 114 valence electrons. The molecule has 22 heavy (non-hydrogen) atoms. The number of amides is 1. The van der Waals surface area contributed by atoms with Gasteiger partial charge in [0.1, 0.15) is 0 Å². The van der Waals surface area contributed by atoms with Gasteiger partial charge in [-0.25, -0.2) is 0 Å². The molecule has 0 aliphatic rings. The number of nitrogens with zero attached hydrogens (tertiary/aromatic N) is 3. The van der Waals surface area contributed by atoms with Crippen LogP contribution in [0.1, 0.15) is 16.1 Å². The Kier molecular flexibility index (Phi) is 4.15. The van der Waals surface area contributed by atoms with E-state index < -0.39 is 0 Å². The van der Waals surface area contributed by atoms with E-state index in [2.05, 4.69) is 26.7 Å². The van der Waals surface area contributed by atoms with E-state index >= 15 is 0 Å². The third-order valence-electron chi connectivity index (χ3n) is 3.48. The fraction of sp³-hybridized carbons (Fsp3) is 0.267. The van der Waals surface area contributed by atoms with E-state index in [0.29, 0.717) is 25.3 Å². The highest BCUT2D eigenvalue weighted by molar-refractivity contribution is 5.91. The van der Waals surface area contributed by atoms with Crippen molar-refractivity contribution in [3.63, 3.8) is 0 Å². The molecule has 0 atom stereocenters. The van der Waals surface area contributed by atoms with E-state index in [4.69, 9.17) is 5.73 Å². The lowest BCUT2D eigenvalue weighted by molar-refractivity contribution is 0.0949. The molecule has 3 aromatic rings. The molecule has 3 rings (SSSR count). The number of H-pyrrole nitrogens is 1. The minimum atomic E-state index is -0.219. The largest absolute Gasteiger partial charge is 0.361 e. The van der Waals surface area contributed by atoms with E-state index in [1.54, 1.807) is 10.9 Å². The normalized spacial score (nSPS) is 11.0. The molecule has 0 radical (unpaired) electrons. The van der Waals surface area contributed by atoms with Gasteiger partial charge in [0.25, 0.3) is 5.91 Å². The van der Waals surface area contributed by atoms with Crippen LogP contribution in [0.5, 0.6) is 0 Å². The number of para-hydroxylation sites is 1. The van der Waals surface area contributed by atoms with Crippen LogP contribution in [0.4, 0.5) is 0 Å². The van der Waals surface area contributed by atoms with Crippen molar-refractivity contribution in [3.05, 3.63) is 47.9 Å². The fourth-order valence-corrected chi connectivity index (χ4v) is 2.38. The van der Waals surface area contributed by atoms with Gasteiger partial charge < -0.3 is 16.0 Å². The fourth-order valence-electron chi connectivity index (χ4n) is 2.38. The van der Waals surface area contributed by atoms with Crippen molar-refractivity contribution in [1.82, 2.24) is 25.3 Å². The molecule has 0 aliphatic heterocycles. The predicted molar refractivity (Wildman–Crippen MR) is 83.4 cm³/mol. The number of fused-ring (bicyclic) bond motifs is 1. The van der Waals surface area contributed by atoms with Crippen molar-refractivity contribution in [3.8, 4) is 0 Å². The highest BCUT2D eigenvalue weighted by Gasteiger charge is 2.10. The van der Waals surface area contributed by atoms with Gasteiger partial charge in [0, 0.05) is 30.2 Å². The summed E-state index contributed by atoms with van der Waals surface area (Å²) in [6, 6.07) is 8.11. The molecule has 1 amide bonds. The zero-order chi connectivity index (χ0) is 15.4. The quantitative estimate of drug-likeness (QED) is 0.623. The standard InChI is InChI=1S/C15H18N6O/c16-6-8-21-10-14(19-20-21)15(22)17-7-5-11-9-18-13-4-2-1-3-12(11)13/h1-4,9-10,18H,5-8,16H2,(H,17,22). The van der Waals surface area contributed by atoms with Crippen LogP contribution in [0.15, 0.2) is 36.7 Å². The van der Waals surface area contributed by atoms with E-state index in [9.17, 15) is 4.79 Å². The molecule has 0 saturated heterocycles. The molecule has 0 fully saturated rings. The van der Waals surface area contributed by atoms with Gasteiger partial charge in [0.2, 0.25) is 0 Å². The van der Waals surface area contributed by atoms with Gasteiger partial charge in [-0.05, 0) is 18.1 Å². The summed E-state index contributed by atoms with van der Waals surface area (Å²) in [6.45, 7) is 1.56. The number of aromatic amines is 1. The highest BCUT2D eigenvalue weighted by atomic mass is 16.2. The minimum absolute atomic E-state index is 0.219. The van der Waals surface area contributed by atoms with Crippen LogP contribution in [-0.4, -0.2) is 39.0 Å². The number of benzene rings is 1. The zero-order valence-electron chi connectivity index (χ0n) is 12.1. The molecule has 2 aromatic heterocycles. The van der Waals surface area contributed by atoms with Crippen LogP contribution in [0, 0.1) is 0 Å². The van der Waals surface area contributed by atoms with Gasteiger partial charge in [0.05, 0.1) is 12.7 Å². The third-order valence-corrected chi connectivity index (χ3v) is 3.48. The monoisotopic (exact) mass is 298 g/mol. The van der Waals surface area contributed by atoms with Crippen LogP contribution in [0.3, 0.4) is 0 Å². The lowest BCUT2D eigenvalue weighted by Crippen LogP contribution is -2.26. The summed E-state index contributed by atoms with van der Waals surface area (Å²) in [5, 5.41) is 11.7. The molecule has 0 bridgehead atoms. The lowest BCUT2D eigenvalue weighted by Gasteiger charge is -2.02. The topological polar surface area (TPSA) is 102 Å². The Labute approximate surface area is 127 Å². The maximum Gasteiger partial charge on any atom is 0.273 e. The van der Waals surface area contributed by atoms with Crippen molar-refractivity contribution in [2.75, 3.05) is 13.1 Å². The van der Waals surface area contributed by atoms with E-state index in [1.807, 2.05) is 24.4 Å². The van der Waals surface area contributed by atoms with Crippen LogP contribution in [-0.2, 0) is 13.0 Å². The number of rotatable bonds is 6. The van der Waals surface area contributed by atoms with Gasteiger partial charge in [-0.1, -0.05) is 23.4 Å². The van der Waals surface area contributed by atoms with E-state index in [0.717, 1.165) is 11.9 Å². The van der Waals surface area contributed by atoms with Gasteiger partial charge in [-0.15, -0.1) is 5.10 Å². The Hall–Kier alpha value is -2.67. The number of nitrogens with two attached hydrogens (primary N) is 1. The van der Waals surface area contributed by atoms with Crippen LogP contribution >= 0.6 is 0 Å². The summed E-state index contributed by atoms with van der Waals surface area (Å²) in [5.41, 5.74) is 8.03. The molecule has 7 heteroatoms. The molecule has 0 saturated carbocycles. The van der Waals surface area contributed by atoms with Crippen LogP contribution in [0.25, 0.3) is 10.9 Å². The Bertz CT molecular complexity index is 775. The molecule has 2 heterocycles. The molecular formula is C15H18N6O. The first-order chi connectivity index (χ1) is 10.8. The first-order valence-electron chi connectivity index (χ1n) is 7.21. The first kappa shape index (κ1) is 14.3. The number of carbonyl (C=O) groups excluding carboxylic acids is 1. The van der Waals surface area contributed by atoms with Crippen molar-refractivity contribution in [1.29, 1.82) is 0 Å². The summed E-state index contributed by atoms with van der Waals surface area (Å²) in [6.07, 6.45) is 4.34. The minimum Gasteiger partial charge on any atom is -0.361 e. The van der Waals surface area contributed by atoms with Gasteiger partial charge >= 0.3 is 0 Å². The van der Waals surface area contributed by atoms with Crippen molar-refractivity contribution in [2.24, 2.45) is 5.73 Å². The van der Waals surface area contributed by atoms with Gasteiger partial charge in [-0.2, -0.15) is 0 Å². The summed E-state index contributed by atoms with van der Waals surface area (Å²) in [5.74, 6) is -0.219. The maximum atomic E-state index is 12.0. The van der Waals surface area contributed by atoms with E-state index in [-0.39, 0.29) is 5.91 Å². The maximum absolute atomic E-state index is 12.0. The van der Waals surface area contributed by atoms with Crippen LogP contribution in [0.2, 0.25) is 0 Å². The summed E-state index contributed by atoms with van der Waals surface area (Å²) in [7, 11) is 0. The summed E-state index contributed by atoms with van der Waals surface area (Å²) < 4.78 is 1.56. The second kappa shape index (κ2) is 6.40. The van der Waals surface area contributed by atoms with Crippen LogP contribution < -0.4 is 11.1 Å². The molecule has 0 aliphatic carbocycles. The molecule has 1 aromatic carbocycles. The number of nitrogens with one attached hydrogen (secondary N) is 2. The molecule has 7 nitrogen and oxygen atoms in total. The average molecular weight is 298 g/mol. The summed E-state index contributed by atoms with van der Waals surface area (Å²) in [4.78, 5) is 15.2. The Morgan fingerprint density at radius 1 is 1.36 bits per heavy atom. The smallest absolute Gasteiger partial charge is 0.273 e.